The van der Waals surface area contributed by atoms with Crippen LogP contribution in [0.3, 0.4) is 0 Å². The number of ether oxygens (including phenoxy) is 2. The fourth-order valence-electron chi connectivity index (χ4n) is 8.22. The van der Waals surface area contributed by atoms with Crippen molar-refractivity contribution in [2.24, 2.45) is 17.3 Å². The van der Waals surface area contributed by atoms with Crippen LogP contribution in [0.4, 0.5) is 5.69 Å². The Labute approximate surface area is 291 Å². The van der Waals surface area contributed by atoms with Crippen LogP contribution in [-0.4, -0.2) is 97.3 Å². The van der Waals surface area contributed by atoms with Gasteiger partial charge in [-0.15, -0.1) is 0 Å². The molecule has 11 heteroatoms. The first-order valence-electron chi connectivity index (χ1n) is 17.8. The van der Waals surface area contributed by atoms with E-state index in [-0.39, 0.29) is 28.9 Å². The number of hydrogen-bond donors (Lipinski definition) is 2. The number of aromatic nitrogens is 1. The highest BCUT2D eigenvalue weighted by Crippen LogP contribution is 2.57. The maximum Gasteiger partial charge on any atom is 0.265 e. The SMILES string of the molecule is CCCCOc1cc(CN(C)CC(C)(C)C)c(N(C)C)c2c1C(=O)C1=C(O)[C@]3(O)C(=O)c4c(OCCCC)noc4[C@@H](N(C)C)[C@@H]3C[C@@H]1C2. The van der Waals surface area contributed by atoms with E-state index in [2.05, 4.69) is 49.7 Å². The topological polar surface area (TPSA) is 129 Å². The van der Waals surface area contributed by atoms with Crippen LogP contribution in [0.2, 0.25) is 0 Å². The molecule has 5 rings (SSSR count). The van der Waals surface area contributed by atoms with Crippen LogP contribution in [0.1, 0.15) is 110 Å². The highest BCUT2D eigenvalue weighted by Gasteiger charge is 2.64. The summed E-state index contributed by atoms with van der Waals surface area (Å²) in [5.41, 5.74) is 1.10. The summed E-state index contributed by atoms with van der Waals surface area (Å²) in [6.07, 6.45) is 4.09. The Morgan fingerprint density at radius 1 is 1.02 bits per heavy atom. The first-order valence-corrected chi connectivity index (χ1v) is 17.8. The molecule has 1 heterocycles. The van der Waals surface area contributed by atoms with Crippen LogP contribution in [0.5, 0.6) is 11.6 Å². The van der Waals surface area contributed by atoms with E-state index in [1.807, 2.05) is 46.1 Å². The molecule has 0 spiro atoms. The highest BCUT2D eigenvalue weighted by atomic mass is 16.5. The molecule has 270 valence electrons. The van der Waals surface area contributed by atoms with Gasteiger partial charge in [-0.1, -0.05) is 47.5 Å². The maximum atomic E-state index is 14.8. The second-order valence-corrected chi connectivity index (χ2v) is 15.8. The summed E-state index contributed by atoms with van der Waals surface area (Å²) in [5, 5.41) is 28.6. The molecule has 3 aliphatic rings. The number of aliphatic hydroxyl groups excluding tert-OH is 1. The molecule has 0 fully saturated rings. The number of ketones is 2. The molecule has 0 saturated carbocycles. The van der Waals surface area contributed by atoms with Gasteiger partial charge in [-0.05, 0) is 80.5 Å². The Bertz CT molecular complexity index is 1600. The summed E-state index contributed by atoms with van der Waals surface area (Å²) in [5.74, 6) is -2.23. The second-order valence-electron chi connectivity index (χ2n) is 15.8. The van der Waals surface area contributed by atoms with Crippen molar-refractivity contribution in [3.8, 4) is 11.6 Å². The Balaban J connectivity index is 1.67. The van der Waals surface area contributed by atoms with Crippen molar-refractivity contribution >= 4 is 17.3 Å². The van der Waals surface area contributed by atoms with Crippen LogP contribution in [-0.2, 0) is 13.0 Å². The van der Waals surface area contributed by atoms with Crippen molar-refractivity contribution in [2.75, 3.05) is 59.9 Å². The van der Waals surface area contributed by atoms with E-state index in [0.29, 0.717) is 43.3 Å². The van der Waals surface area contributed by atoms with E-state index < -0.39 is 40.8 Å². The average Bonchev–Trinajstić information content (AvgIpc) is 3.41. The number of carbonyl (C=O) groups excluding carboxylic acids is 2. The number of hydrogen-bond acceptors (Lipinski definition) is 11. The fourth-order valence-corrected chi connectivity index (χ4v) is 8.22. The molecule has 2 aromatic rings. The molecule has 4 atom stereocenters. The van der Waals surface area contributed by atoms with Gasteiger partial charge in [-0.25, -0.2) is 0 Å². The van der Waals surface area contributed by atoms with Gasteiger partial charge >= 0.3 is 0 Å². The minimum absolute atomic E-state index is 0.00129. The Kier molecular flexibility index (Phi) is 10.6. The minimum Gasteiger partial charge on any atom is -0.508 e. The Morgan fingerprint density at radius 2 is 1.67 bits per heavy atom. The summed E-state index contributed by atoms with van der Waals surface area (Å²) >= 11 is 0. The lowest BCUT2D eigenvalue weighted by molar-refractivity contribution is -0.0559. The maximum absolute atomic E-state index is 14.8. The number of carbonyl (C=O) groups is 2. The molecule has 0 unspecified atom stereocenters. The largest absolute Gasteiger partial charge is 0.508 e. The lowest BCUT2D eigenvalue weighted by atomic mass is 9.58. The number of benzene rings is 1. The number of aliphatic hydroxyl groups is 2. The van der Waals surface area contributed by atoms with Crippen LogP contribution in [0.15, 0.2) is 21.9 Å². The molecular weight excluding hydrogens is 624 g/mol. The molecular formula is C38H56N4O7. The van der Waals surface area contributed by atoms with Gasteiger partial charge in [0.1, 0.15) is 17.1 Å². The van der Waals surface area contributed by atoms with Crippen LogP contribution in [0.25, 0.3) is 0 Å². The lowest BCUT2D eigenvalue weighted by Gasteiger charge is -2.49. The third kappa shape index (κ3) is 6.61. The zero-order valence-electron chi connectivity index (χ0n) is 31.1. The molecule has 0 saturated heterocycles. The number of nitrogens with zero attached hydrogens (tertiary/aromatic N) is 4. The van der Waals surface area contributed by atoms with E-state index >= 15 is 0 Å². The van der Waals surface area contributed by atoms with Gasteiger partial charge in [-0.3, -0.25) is 14.5 Å². The number of fused-ring (bicyclic) bond motifs is 4. The van der Waals surface area contributed by atoms with Crippen molar-refractivity contribution in [2.45, 2.75) is 91.3 Å². The normalized spacial score (nSPS) is 23.4. The fraction of sp³-hybridized carbons (Fsp3) is 0.658. The molecule has 2 N–H and O–H groups in total. The molecule has 0 radical (unpaired) electrons. The van der Waals surface area contributed by atoms with E-state index in [4.69, 9.17) is 14.0 Å². The average molecular weight is 681 g/mol. The van der Waals surface area contributed by atoms with Gasteiger partial charge in [-0.2, -0.15) is 0 Å². The number of Topliss-reactive ketones (excluding diaryl/α,β-unsaturated/α-hetero) is 2. The van der Waals surface area contributed by atoms with Crippen molar-refractivity contribution in [1.82, 2.24) is 15.0 Å². The van der Waals surface area contributed by atoms with Gasteiger partial charge in [0.05, 0.1) is 24.8 Å². The second kappa shape index (κ2) is 14.1. The molecule has 1 aromatic heterocycles. The molecule has 3 aliphatic carbocycles. The van der Waals surface area contributed by atoms with Crippen LogP contribution >= 0.6 is 0 Å². The minimum atomic E-state index is -2.36. The van der Waals surface area contributed by atoms with Gasteiger partial charge in [0.2, 0.25) is 5.78 Å². The van der Waals surface area contributed by atoms with Crippen LogP contribution < -0.4 is 14.4 Å². The lowest BCUT2D eigenvalue weighted by Crippen LogP contribution is -2.59. The zero-order valence-corrected chi connectivity index (χ0v) is 31.1. The van der Waals surface area contributed by atoms with Gasteiger partial charge in [0.25, 0.3) is 5.88 Å². The van der Waals surface area contributed by atoms with E-state index in [9.17, 15) is 19.8 Å². The predicted molar refractivity (Wildman–Crippen MR) is 189 cm³/mol. The van der Waals surface area contributed by atoms with Crippen LogP contribution in [0, 0.1) is 17.3 Å². The van der Waals surface area contributed by atoms with E-state index in [0.717, 1.165) is 49.0 Å². The summed E-state index contributed by atoms with van der Waals surface area (Å²) in [6.45, 7) is 13.0. The summed E-state index contributed by atoms with van der Waals surface area (Å²) in [7, 11) is 9.76. The first-order chi connectivity index (χ1) is 23.1. The number of anilines is 1. The summed E-state index contributed by atoms with van der Waals surface area (Å²) in [4.78, 5) is 35.3. The van der Waals surface area contributed by atoms with Gasteiger partial charge in [0, 0.05) is 44.4 Å². The number of unbranched alkanes of at least 4 members (excludes halogenated alkanes) is 2. The third-order valence-electron chi connectivity index (χ3n) is 10.1. The summed E-state index contributed by atoms with van der Waals surface area (Å²) < 4.78 is 18.0. The zero-order chi connectivity index (χ0) is 36.0. The van der Waals surface area contributed by atoms with E-state index in [1.165, 1.54) is 0 Å². The third-order valence-corrected chi connectivity index (χ3v) is 10.1. The summed E-state index contributed by atoms with van der Waals surface area (Å²) in [6, 6.07) is 1.36. The first kappa shape index (κ1) is 36.9. The smallest absolute Gasteiger partial charge is 0.265 e. The number of rotatable bonds is 13. The molecule has 1 aromatic carbocycles. The standard InChI is InChI=1S/C38H56N4O7/c1-11-13-15-47-26-19-23(20-42(10)21-37(3,4)5)30(40(6)7)24-17-22-18-25-31(41(8)9)33-29(36(39-49-33)48-16-14-12-2)35(45)38(25,46)34(44)27(22)32(43)28(24)26/h19,22,25,31,44,46H,11-18,20-21H2,1-10H3/t22-,25-,31-,38-/m0/s1. The predicted octanol–water partition coefficient (Wildman–Crippen LogP) is 5.99. The van der Waals surface area contributed by atoms with Gasteiger partial charge in [0.15, 0.2) is 17.1 Å². The van der Waals surface area contributed by atoms with Crippen molar-refractivity contribution in [3.05, 3.63) is 45.4 Å². The molecule has 11 nitrogen and oxygen atoms in total. The molecule has 0 amide bonds. The molecule has 0 bridgehead atoms. The van der Waals surface area contributed by atoms with Crippen molar-refractivity contribution in [1.29, 1.82) is 0 Å². The van der Waals surface area contributed by atoms with Crippen molar-refractivity contribution in [3.63, 3.8) is 0 Å². The Hall–Kier alpha value is -3.41. The highest BCUT2D eigenvalue weighted by molar-refractivity contribution is 6.16. The molecule has 0 aliphatic heterocycles. The monoisotopic (exact) mass is 680 g/mol. The quantitative estimate of drug-likeness (QED) is 0.242. The van der Waals surface area contributed by atoms with Gasteiger partial charge < -0.3 is 34.0 Å². The van der Waals surface area contributed by atoms with Crippen molar-refractivity contribution < 1.29 is 33.8 Å². The molecule has 49 heavy (non-hydrogen) atoms. The number of allylic oxidation sites excluding steroid dienone is 1. The van der Waals surface area contributed by atoms with E-state index in [1.54, 1.807) is 0 Å². The Morgan fingerprint density at radius 3 is 2.27 bits per heavy atom.